The molecule has 1 unspecified atom stereocenters. The van der Waals surface area contributed by atoms with Crippen molar-refractivity contribution in [2.24, 2.45) is 5.73 Å². The molecule has 2 N–H and O–H groups in total. The Hall–Kier alpha value is -0.120. The molecule has 1 saturated heterocycles. The van der Waals surface area contributed by atoms with Gasteiger partial charge in [-0.1, -0.05) is 6.92 Å². The summed E-state index contributed by atoms with van der Waals surface area (Å²) in [5.74, 6) is 0. The Kier molecular flexibility index (Phi) is 4.45. The SMILES string of the molecule is CCCN(C1CCC(N)CC1)C1CCN(C2CC2)C1. The molecule has 3 fully saturated rings. The van der Waals surface area contributed by atoms with Crippen LogP contribution in [-0.4, -0.2) is 53.6 Å². The van der Waals surface area contributed by atoms with Crippen molar-refractivity contribution in [2.45, 2.75) is 82.5 Å². The summed E-state index contributed by atoms with van der Waals surface area (Å²) in [6.45, 7) is 6.31. The van der Waals surface area contributed by atoms with E-state index in [1.807, 2.05) is 0 Å². The molecule has 0 aromatic heterocycles. The van der Waals surface area contributed by atoms with Gasteiger partial charge in [-0.2, -0.15) is 0 Å². The van der Waals surface area contributed by atoms with Gasteiger partial charge in [-0.05, 0) is 57.9 Å². The number of rotatable bonds is 5. The lowest BCUT2D eigenvalue weighted by atomic mass is 9.89. The third-order valence-corrected chi connectivity index (χ3v) is 5.42. The van der Waals surface area contributed by atoms with Crippen LogP contribution in [0.2, 0.25) is 0 Å². The van der Waals surface area contributed by atoms with Gasteiger partial charge in [-0.25, -0.2) is 0 Å². The quantitative estimate of drug-likeness (QED) is 0.827. The summed E-state index contributed by atoms with van der Waals surface area (Å²) < 4.78 is 0. The molecule has 3 rings (SSSR count). The summed E-state index contributed by atoms with van der Waals surface area (Å²) in [7, 11) is 0. The van der Waals surface area contributed by atoms with Crippen LogP contribution in [0, 0.1) is 0 Å². The van der Waals surface area contributed by atoms with Crippen LogP contribution in [0.3, 0.4) is 0 Å². The predicted molar refractivity (Wildman–Crippen MR) is 80.2 cm³/mol. The first-order valence-corrected chi connectivity index (χ1v) is 8.53. The molecule has 0 amide bonds. The van der Waals surface area contributed by atoms with Gasteiger partial charge in [0.15, 0.2) is 0 Å². The molecule has 110 valence electrons. The van der Waals surface area contributed by atoms with Crippen LogP contribution in [0.1, 0.15) is 58.3 Å². The van der Waals surface area contributed by atoms with Gasteiger partial charge in [0.2, 0.25) is 0 Å². The minimum absolute atomic E-state index is 0.478. The van der Waals surface area contributed by atoms with E-state index in [0.29, 0.717) is 6.04 Å². The fourth-order valence-corrected chi connectivity index (χ4v) is 4.16. The van der Waals surface area contributed by atoms with E-state index in [0.717, 1.165) is 18.1 Å². The maximum atomic E-state index is 6.07. The van der Waals surface area contributed by atoms with Crippen molar-refractivity contribution in [3.8, 4) is 0 Å². The Balaban J connectivity index is 1.57. The fourth-order valence-electron chi connectivity index (χ4n) is 4.16. The molecule has 2 aliphatic carbocycles. The van der Waals surface area contributed by atoms with E-state index in [2.05, 4.69) is 16.7 Å². The molecule has 19 heavy (non-hydrogen) atoms. The molecule has 1 atom stereocenters. The molecular formula is C16H31N3. The highest BCUT2D eigenvalue weighted by Crippen LogP contribution is 2.33. The molecule has 0 aromatic rings. The zero-order valence-electron chi connectivity index (χ0n) is 12.6. The van der Waals surface area contributed by atoms with E-state index in [9.17, 15) is 0 Å². The Bertz CT molecular complexity index is 282. The number of likely N-dealkylation sites (tertiary alicyclic amines) is 1. The Morgan fingerprint density at radius 2 is 1.74 bits per heavy atom. The summed E-state index contributed by atoms with van der Waals surface area (Å²) in [6.07, 6.45) is 10.8. The summed E-state index contributed by atoms with van der Waals surface area (Å²) in [4.78, 5) is 5.61. The Morgan fingerprint density at radius 1 is 1.00 bits per heavy atom. The lowest BCUT2D eigenvalue weighted by molar-refractivity contribution is 0.101. The largest absolute Gasteiger partial charge is 0.328 e. The molecule has 1 heterocycles. The second-order valence-electron chi connectivity index (χ2n) is 6.98. The van der Waals surface area contributed by atoms with Crippen molar-refractivity contribution in [3.63, 3.8) is 0 Å². The van der Waals surface area contributed by atoms with Crippen LogP contribution in [0.25, 0.3) is 0 Å². The minimum Gasteiger partial charge on any atom is -0.328 e. The van der Waals surface area contributed by atoms with Crippen LogP contribution < -0.4 is 5.73 Å². The third kappa shape index (κ3) is 3.32. The topological polar surface area (TPSA) is 32.5 Å². The Labute approximate surface area is 118 Å². The fraction of sp³-hybridized carbons (Fsp3) is 1.00. The highest BCUT2D eigenvalue weighted by molar-refractivity contribution is 4.95. The standard InChI is InChI=1S/C16H31N3/c1-2-10-19(15-5-3-13(17)4-6-15)16-9-11-18(12-16)14-7-8-14/h13-16H,2-12,17H2,1H3. The monoisotopic (exact) mass is 265 g/mol. The van der Waals surface area contributed by atoms with Crippen LogP contribution in [0.5, 0.6) is 0 Å². The van der Waals surface area contributed by atoms with Crippen LogP contribution >= 0.6 is 0 Å². The smallest absolute Gasteiger partial charge is 0.0238 e. The first-order chi connectivity index (χ1) is 9.28. The summed E-state index contributed by atoms with van der Waals surface area (Å²) >= 11 is 0. The number of nitrogens with zero attached hydrogens (tertiary/aromatic N) is 2. The first kappa shape index (κ1) is 13.8. The molecule has 3 heteroatoms. The maximum absolute atomic E-state index is 6.07. The van der Waals surface area contributed by atoms with Crippen molar-refractivity contribution >= 4 is 0 Å². The lowest BCUT2D eigenvalue weighted by Gasteiger charge is -2.39. The van der Waals surface area contributed by atoms with Crippen LogP contribution in [0.15, 0.2) is 0 Å². The predicted octanol–water partition coefficient (Wildman–Crippen LogP) is 2.21. The number of nitrogens with two attached hydrogens (primary N) is 1. The van der Waals surface area contributed by atoms with Gasteiger partial charge in [0.25, 0.3) is 0 Å². The van der Waals surface area contributed by atoms with E-state index < -0.39 is 0 Å². The second kappa shape index (κ2) is 6.11. The third-order valence-electron chi connectivity index (χ3n) is 5.42. The molecule has 3 aliphatic rings. The summed E-state index contributed by atoms with van der Waals surface area (Å²) in [5.41, 5.74) is 6.07. The van der Waals surface area contributed by atoms with Crippen molar-refractivity contribution in [1.29, 1.82) is 0 Å². The van der Waals surface area contributed by atoms with Crippen LogP contribution in [-0.2, 0) is 0 Å². The average Bonchev–Trinajstić information content (AvgIpc) is 3.16. The van der Waals surface area contributed by atoms with Gasteiger partial charge in [-0.3, -0.25) is 9.80 Å². The van der Waals surface area contributed by atoms with Gasteiger partial charge in [0.1, 0.15) is 0 Å². The van der Waals surface area contributed by atoms with Gasteiger partial charge < -0.3 is 5.73 Å². The van der Waals surface area contributed by atoms with Crippen LogP contribution in [0.4, 0.5) is 0 Å². The molecule has 0 bridgehead atoms. The normalized spacial score (nSPS) is 37.1. The minimum atomic E-state index is 0.478. The number of hydrogen-bond donors (Lipinski definition) is 1. The molecule has 0 radical (unpaired) electrons. The highest BCUT2D eigenvalue weighted by atomic mass is 15.3. The van der Waals surface area contributed by atoms with Gasteiger partial charge in [0, 0.05) is 37.3 Å². The van der Waals surface area contributed by atoms with Gasteiger partial charge in [0.05, 0.1) is 0 Å². The Morgan fingerprint density at radius 3 is 2.37 bits per heavy atom. The molecule has 2 saturated carbocycles. The zero-order chi connectivity index (χ0) is 13.2. The highest BCUT2D eigenvalue weighted by Gasteiger charge is 2.38. The van der Waals surface area contributed by atoms with E-state index in [4.69, 9.17) is 5.73 Å². The van der Waals surface area contributed by atoms with Gasteiger partial charge in [-0.15, -0.1) is 0 Å². The van der Waals surface area contributed by atoms with Gasteiger partial charge >= 0.3 is 0 Å². The lowest BCUT2D eigenvalue weighted by Crippen LogP contribution is -2.47. The second-order valence-corrected chi connectivity index (χ2v) is 6.98. The van der Waals surface area contributed by atoms with Crippen molar-refractivity contribution in [1.82, 2.24) is 9.80 Å². The first-order valence-electron chi connectivity index (χ1n) is 8.53. The summed E-state index contributed by atoms with van der Waals surface area (Å²) in [6, 6.07) is 3.09. The van der Waals surface area contributed by atoms with E-state index in [1.165, 1.54) is 71.0 Å². The van der Waals surface area contributed by atoms with E-state index >= 15 is 0 Å². The molecule has 0 aromatic carbocycles. The van der Waals surface area contributed by atoms with E-state index in [-0.39, 0.29) is 0 Å². The maximum Gasteiger partial charge on any atom is 0.0238 e. The molecule has 1 aliphatic heterocycles. The zero-order valence-corrected chi connectivity index (χ0v) is 12.6. The number of hydrogen-bond acceptors (Lipinski definition) is 3. The molecular weight excluding hydrogens is 234 g/mol. The summed E-state index contributed by atoms with van der Waals surface area (Å²) in [5, 5.41) is 0. The van der Waals surface area contributed by atoms with Crippen molar-refractivity contribution < 1.29 is 0 Å². The molecule has 0 spiro atoms. The van der Waals surface area contributed by atoms with E-state index in [1.54, 1.807) is 0 Å². The molecule has 3 nitrogen and oxygen atoms in total. The van der Waals surface area contributed by atoms with Crippen molar-refractivity contribution in [3.05, 3.63) is 0 Å². The average molecular weight is 265 g/mol. The van der Waals surface area contributed by atoms with Crippen molar-refractivity contribution in [2.75, 3.05) is 19.6 Å².